The average molecular weight is 404 g/mol. The lowest BCUT2D eigenvalue weighted by Crippen LogP contribution is -2.48. The van der Waals surface area contributed by atoms with E-state index in [9.17, 15) is 19.8 Å². The van der Waals surface area contributed by atoms with Crippen LogP contribution < -0.4 is 5.32 Å². The number of methoxy groups -OCH3 is 1. The molecule has 7 heteroatoms. The van der Waals surface area contributed by atoms with E-state index >= 15 is 0 Å². The zero-order valence-corrected chi connectivity index (χ0v) is 16.8. The second-order valence-electron chi connectivity index (χ2n) is 6.99. The fraction of sp³-hybridized carbons (Fsp3) is 0.429. The van der Waals surface area contributed by atoms with Crippen LogP contribution in [0, 0.1) is 0 Å². The third-order valence-corrected chi connectivity index (χ3v) is 6.47. The Hall–Kier alpha value is -2.22. The second-order valence-corrected chi connectivity index (χ2v) is 8.08. The fourth-order valence-corrected chi connectivity index (χ4v) is 4.93. The van der Waals surface area contributed by atoms with Gasteiger partial charge in [0, 0.05) is 18.4 Å². The van der Waals surface area contributed by atoms with Gasteiger partial charge in [-0.15, -0.1) is 11.3 Å². The Morgan fingerprint density at radius 2 is 2.04 bits per heavy atom. The van der Waals surface area contributed by atoms with Gasteiger partial charge in [-0.25, -0.2) is 4.79 Å². The van der Waals surface area contributed by atoms with Crippen molar-refractivity contribution in [1.82, 2.24) is 5.32 Å². The summed E-state index contributed by atoms with van der Waals surface area (Å²) in [6.07, 6.45) is 2.03. The van der Waals surface area contributed by atoms with Crippen molar-refractivity contribution in [1.29, 1.82) is 0 Å². The standard InChI is InChI=1S/C21H25NO5S/c1-3-4-15(23)13-5-7-14(8-6-13)21(27-2,17-10-12-19(24)22-17)18-11-9-16(28-18)20(25)26/h5-9,11,15,17,23H,3-4,10,12H2,1-2H3,(H,22,24)(H,25,26)/t15?,17?,21-/m1/s1. The number of amides is 1. The smallest absolute Gasteiger partial charge is 0.345 e. The minimum absolute atomic E-state index is 0.0450. The highest BCUT2D eigenvalue weighted by molar-refractivity contribution is 7.14. The van der Waals surface area contributed by atoms with Crippen LogP contribution in [-0.2, 0) is 15.1 Å². The molecule has 150 valence electrons. The maximum absolute atomic E-state index is 11.9. The Labute approximate surface area is 168 Å². The van der Waals surface area contributed by atoms with E-state index in [0.717, 1.165) is 33.8 Å². The van der Waals surface area contributed by atoms with Crippen LogP contribution in [0.15, 0.2) is 36.4 Å². The number of aliphatic hydroxyl groups is 1. The van der Waals surface area contributed by atoms with Gasteiger partial charge in [-0.1, -0.05) is 37.6 Å². The topological polar surface area (TPSA) is 95.9 Å². The van der Waals surface area contributed by atoms with E-state index < -0.39 is 17.7 Å². The van der Waals surface area contributed by atoms with Crippen molar-refractivity contribution in [2.24, 2.45) is 0 Å². The first-order valence-corrected chi connectivity index (χ1v) is 10.2. The molecular weight excluding hydrogens is 378 g/mol. The van der Waals surface area contributed by atoms with Crippen LogP contribution in [0.25, 0.3) is 0 Å². The van der Waals surface area contributed by atoms with Crippen LogP contribution in [0.5, 0.6) is 0 Å². The molecule has 0 radical (unpaired) electrons. The van der Waals surface area contributed by atoms with Crippen LogP contribution in [0.2, 0.25) is 0 Å². The maximum Gasteiger partial charge on any atom is 0.345 e. The number of aliphatic hydroxyl groups excluding tert-OH is 1. The zero-order chi connectivity index (χ0) is 20.3. The molecule has 2 aromatic rings. The molecule has 6 nitrogen and oxygen atoms in total. The first-order chi connectivity index (χ1) is 13.4. The van der Waals surface area contributed by atoms with Crippen LogP contribution in [0.1, 0.15) is 64.4 Å². The summed E-state index contributed by atoms with van der Waals surface area (Å²) >= 11 is 1.15. The fourth-order valence-electron chi connectivity index (χ4n) is 3.84. The summed E-state index contributed by atoms with van der Waals surface area (Å²) in [7, 11) is 1.57. The van der Waals surface area contributed by atoms with E-state index in [2.05, 4.69) is 5.32 Å². The first-order valence-electron chi connectivity index (χ1n) is 9.39. The number of carbonyl (C=O) groups excluding carboxylic acids is 1. The number of nitrogens with one attached hydrogen (secondary N) is 1. The summed E-state index contributed by atoms with van der Waals surface area (Å²) in [5.41, 5.74) is 0.649. The van der Waals surface area contributed by atoms with Gasteiger partial charge in [-0.3, -0.25) is 4.79 Å². The van der Waals surface area contributed by atoms with Crippen LogP contribution >= 0.6 is 11.3 Å². The van der Waals surface area contributed by atoms with Gasteiger partial charge in [0.2, 0.25) is 5.91 Å². The SMILES string of the molecule is CCCC(O)c1ccc([C@](OC)(c2ccc(C(=O)O)s2)C2CCC(=O)N2)cc1. The summed E-state index contributed by atoms with van der Waals surface area (Å²) in [6, 6.07) is 10.5. The van der Waals surface area contributed by atoms with Crippen molar-refractivity contribution in [3.8, 4) is 0 Å². The summed E-state index contributed by atoms with van der Waals surface area (Å²) < 4.78 is 6.02. The summed E-state index contributed by atoms with van der Waals surface area (Å²) in [6.45, 7) is 2.02. The quantitative estimate of drug-likeness (QED) is 0.627. The van der Waals surface area contributed by atoms with Gasteiger partial charge >= 0.3 is 5.97 Å². The molecule has 28 heavy (non-hydrogen) atoms. The molecule has 3 N–H and O–H groups in total. The molecule has 1 aliphatic heterocycles. The predicted octanol–water partition coefficient (Wildman–Crippen LogP) is 3.45. The number of carboxylic acids is 1. The Kier molecular flexibility index (Phi) is 6.17. The van der Waals surface area contributed by atoms with Crippen molar-refractivity contribution in [2.75, 3.05) is 7.11 Å². The lowest BCUT2D eigenvalue weighted by Gasteiger charge is -2.37. The van der Waals surface area contributed by atoms with Gasteiger partial charge < -0.3 is 20.3 Å². The summed E-state index contributed by atoms with van der Waals surface area (Å²) in [5.74, 6) is -1.04. The number of hydrogen-bond donors (Lipinski definition) is 3. The highest BCUT2D eigenvalue weighted by Gasteiger charge is 2.47. The van der Waals surface area contributed by atoms with Crippen molar-refractivity contribution in [3.63, 3.8) is 0 Å². The molecule has 3 atom stereocenters. The number of ether oxygens (including phenoxy) is 1. The molecule has 1 aromatic heterocycles. The largest absolute Gasteiger partial charge is 0.477 e. The van der Waals surface area contributed by atoms with Gasteiger partial charge in [0.25, 0.3) is 0 Å². The maximum atomic E-state index is 11.9. The predicted molar refractivity (Wildman–Crippen MR) is 107 cm³/mol. The molecule has 1 aromatic carbocycles. The van der Waals surface area contributed by atoms with E-state index in [0.29, 0.717) is 19.3 Å². The van der Waals surface area contributed by atoms with Crippen LogP contribution in [-0.4, -0.2) is 35.2 Å². The monoisotopic (exact) mass is 403 g/mol. The molecule has 1 aliphatic rings. The highest BCUT2D eigenvalue weighted by Crippen LogP contribution is 2.43. The van der Waals surface area contributed by atoms with Crippen molar-refractivity contribution < 1.29 is 24.5 Å². The number of carboxylic acid groups (broad SMARTS) is 1. The van der Waals surface area contributed by atoms with Gasteiger partial charge in [0.1, 0.15) is 10.5 Å². The molecule has 0 saturated carbocycles. The molecule has 3 rings (SSSR count). The molecule has 2 unspecified atom stereocenters. The van der Waals surface area contributed by atoms with Crippen molar-refractivity contribution in [3.05, 3.63) is 57.3 Å². The first kappa shape index (κ1) is 20.5. The van der Waals surface area contributed by atoms with E-state index in [1.807, 2.05) is 31.2 Å². The number of carbonyl (C=O) groups is 2. The third-order valence-electron chi connectivity index (χ3n) is 5.28. The molecule has 1 fully saturated rings. The van der Waals surface area contributed by atoms with Crippen LogP contribution in [0.3, 0.4) is 0 Å². The third kappa shape index (κ3) is 3.70. The minimum Gasteiger partial charge on any atom is -0.477 e. The molecule has 0 bridgehead atoms. The highest BCUT2D eigenvalue weighted by atomic mass is 32.1. The van der Waals surface area contributed by atoms with Crippen molar-refractivity contribution in [2.45, 2.75) is 50.4 Å². The normalized spacial score (nSPS) is 19.8. The number of benzene rings is 1. The van der Waals surface area contributed by atoms with Gasteiger partial charge in [0.15, 0.2) is 0 Å². The Bertz CT molecular complexity index is 847. The average Bonchev–Trinajstić information content (AvgIpc) is 3.34. The molecular formula is C21H25NO5S. The lowest BCUT2D eigenvalue weighted by molar-refractivity contribution is -0.120. The van der Waals surface area contributed by atoms with Crippen LogP contribution in [0.4, 0.5) is 0 Å². The van der Waals surface area contributed by atoms with Gasteiger partial charge in [0.05, 0.1) is 12.1 Å². The van der Waals surface area contributed by atoms with E-state index in [1.54, 1.807) is 19.2 Å². The van der Waals surface area contributed by atoms with Gasteiger partial charge in [-0.2, -0.15) is 0 Å². The van der Waals surface area contributed by atoms with Crippen molar-refractivity contribution >= 4 is 23.2 Å². The molecule has 1 amide bonds. The zero-order valence-electron chi connectivity index (χ0n) is 16.0. The number of thiophene rings is 1. The molecule has 0 spiro atoms. The Morgan fingerprint density at radius 3 is 2.54 bits per heavy atom. The number of rotatable bonds is 8. The van der Waals surface area contributed by atoms with Gasteiger partial charge in [-0.05, 0) is 36.1 Å². The van der Waals surface area contributed by atoms with E-state index in [4.69, 9.17) is 4.74 Å². The van der Waals surface area contributed by atoms with E-state index in [-0.39, 0.29) is 16.8 Å². The molecule has 0 aliphatic carbocycles. The molecule has 2 heterocycles. The minimum atomic E-state index is -0.991. The number of hydrogen-bond acceptors (Lipinski definition) is 5. The van der Waals surface area contributed by atoms with E-state index in [1.165, 1.54) is 0 Å². The summed E-state index contributed by atoms with van der Waals surface area (Å²) in [4.78, 5) is 24.3. The Morgan fingerprint density at radius 1 is 1.32 bits per heavy atom. The Balaban J connectivity index is 2.07. The lowest BCUT2D eigenvalue weighted by atomic mass is 9.83. The second kappa shape index (κ2) is 8.43. The molecule has 1 saturated heterocycles. The number of aromatic carboxylic acids is 1. The summed E-state index contributed by atoms with van der Waals surface area (Å²) in [5, 5.41) is 22.6.